The van der Waals surface area contributed by atoms with Crippen molar-refractivity contribution in [3.8, 4) is 5.75 Å². The van der Waals surface area contributed by atoms with Gasteiger partial charge in [0.15, 0.2) is 0 Å². The van der Waals surface area contributed by atoms with Crippen molar-refractivity contribution in [1.82, 2.24) is 0 Å². The zero-order valence-electron chi connectivity index (χ0n) is 19.3. The second-order valence-corrected chi connectivity index (χ2v) is 8.61. The van der Waals surface area contributed by atoms with Crippen molar-refractivity contribution in [2.24, 2.45) is 0 Å². The molecule has 4 rings (SSSR count). The van der Waals surface area contributed by atoms with Crippen molar-refractivity contribution >= 4 is 11.7 Å². The van der Waals surface area contributed by atoms with Crippen LogP contribution in [0.2, 0.25) is 0 Å². The monoisotopic (exact) mass is 481 g/mol. The molecule has 0 bridgehead atoms. The third-order valence-electron chi connectivity index (χ3n) is 6.01. The first kappa shape index (κ1) is 24.4. The van der Waals surface area contributed by atoms with Crippen LogP contribution in [0.3, 0.4) is 0 Å². The number of aromatic carboxylic acids is 1. The Morgan fingerprint density at radius 1 is 1.17 bits per heavy atom. The Morgan fingerprint density at radius 2 is 1.97 bits per heavy atom. The molecule has 2 aliphatic carbocycles. The van der Waals surface area contributed by atoms with Gasteiger partial charge in [-0.25, -0.2) is 18.0 Å². The lowest BCUT2D eigenvalue weighted by atomic mass is 10.0. The Bertz CT molecular complexity index is 1230. The molecule has 0 fully saturated rings. The van der Waals surface area contributed by atoms with Crippen molar-refractivity contribution in [2.45, 2.75) is 38.6 Å². The van der Waals surface area contributed by atoms with E-state index in [1.807, 2.05) is 0 Å². The maximum atomic E-state index is 14.7. The van der Waals surface area contributed by atoms with Gasteiger partial charge in [0.05, 0.1) is 11.3 Å². The predicted molar refractivity (Wildman–Crippen MR) is 130 cm³/mol. The number of hydrogen-bond donors (Lipinski definition) is 1. The van der Waals surface area contributed by atoms with Gasteiger partial charge in [0, 0.05) is 31.5 Å². The van der Waals surface area contributed by atoms with E-state index in [-0.39, 0.29) is 30.9 Å². The lowest BCUT2D eigenvalue weighted by Crippen LogP contribution is -2.30. The van der Waals surface area contributed by atoms with Gasteiger partial charge in [0.25, 0.3) is 0 Å². The van der Waals surface area contributed by atoms with Crippen LogP contribution in [0, 0.1) is 12.7 Å². The van der Waals surface area contributed by atoms with Gasteiger partial charge in [-0.05, 0) is 54.5 Å². The maximum Gasteiger partial charge on any atom is 0.335 e. The normalized spacial score (nSPS) is 19.2. The molecule has 2 aliphatic rings. The molecule has 4 nitrogen and oxygen atoms in total. The fourth-order valence-corrected chi connectivity index (χ4v) is 4.16. The number of carboxylic acids is 1. The highest BCUT2D eigenvalue weighted by Gasteiger charge is 2.25. The summed E-state index contributed by atoms with van der Waals surface area (Å²) in [4.78, 5) is 13.6. The van der Waals surface area contributed by atoms with E-state index in [1.54, 1.807) is 54.3 Å². The summed E-state index contributed by atoms with van der Waals surface area (Å²) in [6.45, 7) is 1.89. The SMILES string of the molecule is Cc1cc(C(=O)O)cc(N(CC2=CC=CCC2F)Cc2ccccc2F)c1OC1C=CC(F)=CC1. The molecule has 2 unspecified atom stereocenters. The molecule has 1 N–H and O–H groups in total. The minimum Gasteiger partial charge on any atom is -0.484 e. The van der Waals surface area contributed by atoms with Crippen LogP contribution in [0.1, 0.15) is 34.3 Å². The number of allylic oxidation sites excluding steroid dienone is 5. The molecule has 2 atom stereocenters. The highest BCUT2D eigenvalue weighted by atomic mass is 19.1. The number of hydrogen-bond acceptors (Lipinski definition) is 3. The van der Waals surface area contributed by atoms with Crippen LogP contribution in [0.5, 0.6) is 5.75 Å². The molecule has 0 spiro atoms. The molecule has 0 amide bonds. The molecule has 0 heterocycles. The number of rotatable bonds is 8. The van der Waals surface area contributed by atoms with Gasteiger partial charge >= 0.3 is 5.97 Å². The van der Waals surface area contributed by atoms with Gasteiger partial charge < -0.3 is 14.7 Å². The molecule has 2 aromatic rings. The van der Waals surface area contributed by atoms with E-state index in [0.29, 0.717) is 34.6 Å². The Morgan fingerprint density at radius 3 is 2.66 bits per heavy atom. The quantitative estimate of drug-likeness (QED) is 0.460. The lowest BCUT2D eigenvalue weighted by Gasteiger charge is -2.31. The molecule has 0 radical (unpaired) electrons. The van der Waals surface area contributed by atoms with E-state index in [4.69, 9.17) is 4.74 Å². The topological polar surface area (TPSA) is 49.8 Å². The average molecular weight is 482 g/mol. The molecule has 0 saturated carbocycles. The smallest absolute Gasteiger partial charge is 0.335 e. The van der Waals surface area contributed by atoms with E-state index in [9.17, 15) is 23.1 Å². The Labute approximate surface area is 202 Å². The summed E-state index contributed by atoms with van der Waals surface area (Å²) >= 11 is 0. The molecule has 0 saturated heterocycles. The summed E-state index contributed by atoms with van der Waals surface area (Å²) in [5, 5.41) is 9.69. The number of alkyl halides is 1. The van der Waals surface area contributed by atoms with Gasteiger partial charge in [-0.3, -0.25) is 0 Å². The minimum atomic E-state index is -1.20. The number of halogens is 3. The molecule has 7 heteroatoms. The van der Waals surface area contributed by atoms with Crippen LogP contribution in [0.4, 0.5) is 18.9 Å². The fourth-order valence-electron chi connectivity index (χ4n) is 4.16. The van der Waals surface area contributed by atoms with E-state index in [2.05, 4.69) is 0 Å². The van der Waals surface area contributed by atoms with Crippen LogP contribution < -0.4 is 9.64 Å². The van der Waals surface area contributed by atoms with Crippen LogP contribution >= 0.6 is 0 Å². The highest BCUT2D eigenvalue weighted by molar-refractivity contribution is 5.90. The lowest BCUT2D eigenvalue weighted by molar-refractivity contribution is 0.0696. The predicted octanol–water partition coefficient (Wildman–Crippen LogP) is 6.62. The molecular weight excluding hydrogens is 455 g/mol. The Kier molecular flexibility index (Phi) is 7.44. The number of nitrogens with zero attached hydrogens (tertiary/aromatic N) is 1. The van der Waals surface area contributed by atoms with Gasteiger partial charge in [-0.1, -0.05) is 36.4 Å². The molecule has 0 aliphatic heterocycles. The fraction of sp³-hybridized carbons (Fsp3) is 0.250. The Hall–Kier alpha value is -3.74. The zero-order valence-corrected chi connectivity index (χ0v) is 19.3. The van der Waals surface area contributed by atoms with Crippen LogP contribution in [0.15, 0.2) is 84.3 Å². The van der Waals surface area contributed by atoms with Crippen molar-refractivity contribution in [3.05, 3.63) is 107 Å². The average Bonchev–Trinajstić information content (AvgIpc) is 2.83. The molecule has 182 valence electrons. The van der Waals surface area contributed by atoms with Crippen molar-refractivity contribution in [2.75, 3.05) is 11.4 Å². The summed E-state index contributed by atoms with van der Waals surface area (Å²) in [5.74, 6) is -1.51. The first-order valence-corrected chi connectivity index (χ1v) is 11.4. The number of ether oxygens (including phenoxy) is 1. The third-order valence-corrected chi connectivity index (χ3v) is 6.01. The van der Waals surface area contributed by atoms with E-state index >= 15 is 0 Å². The largest absolute Gasteiger partial charge is 0.484 e. The van der Waals surface area contributed by atoms with Crippen LogP contribution in [0.25, 0.3) is 0 Å². The third kappa shape index (κ3) is 5.85. The summed E-state index contributed by atoms with van der Waals surface area (Å²) in [6.07, 6.45) is 8.39. The summed E-state index contributed by atoms with van der Waals surface area (Å²) in [5.41, 5.74) is 1.85. The number of benzene rings is 2. The second-order valence-electron chi connectivity index (χ2n) is 8.61. The van der Waals surface area contributed by atoms with Gasteiger partial charge in [0.1, 0.15) is 29.7 Å². The molecule has 2 aromatic carbocycles. The summed E-state index contributed by atoms with van der Waals surface area (Å²) < 4.78 is 49.0. The van der Waals surface area contributed by atoms with Gasteiger partial charge in [-0.15, -0.1) is 0 Å². The number of anilines is 1. The minimum absolute atomic E-state index is 0.0304. The van der Waals surface area contributed by atoms with Gasteiger partial charge in [-0.2, -0.15) is 0 Å². The van der Waals surface area contributed by atoms with E-state index in [1.165, 1.54) is 30.4 Å². The number of carboxylic acid groups (broad SMARTS) is 1. The molecule has 35 heavy (non-hydrogen) atoms. The highest BCUT2D eigenvalue weighted by Crippen LogP contribution is 2.37. The summed E-state index contributed by atoms with van der Waals surface area (Å²) in [7, 11) is 0. The Balaban J connectivity index is 1.79. The molecule has 0 aromatic heterocycles. The number of carbonyl (C=O) groups is 1. The standard InChI is InChI=1S/C28H26F3NO3/c1-18-14-21(28(33)34)15-26(27(18)35-23-12-10-22(29)11-13-23)32(16-19-6-2-4-8-24(19)30)17-20-7-3-5-9-25(20)31/h2-8,10-12,14-15,23,25H,9,13,16-17H2,1H3,(H,33,34). The van der Waals surface area contributed by atoms with E-state index in [0.717, 1.165) is 0 Å². The van der Waals surface area contributed by atoms with E-state index < -0.39 is 24.1 Å². The molecular formula is C28H26F3NO3. The van der Waals surface area contributed by atoms with Crippen molar-refractivity contribution < 1.29 is 27.8 Å². The van der Waals surface area contributed by atoms with Crippen molar-refractivity contribution in [3.63, 3.8) is 0 Å². The maximum absolute atomic E-state index is 14.7. The van der Waals surface area contributed by atoms with Crippen molar-refractivity contribution in [1.29, 1.82) is 0 Å². The van der Waals surface area contributed by atoms with Crippen LogP contribution in [-0.2, 0) is 6.54 Å². The van der Waals surface area contributed by atoms with Crippen LogP contribution in [-0.4, -0.2) is 29.9 Å². The number of aryl methyl sites for hydroxylation is 1. The van der Waals surface area contributed by atoms with Gasteiger partial charge in [0.2, 0.25) is 0 Å². The first-order chi connectivity index (χ1) is 16.8. The zero-order chi connectivity index (χ0) is 24.9. The summed E-state index contributed by atoms with van der Waals surface area (Å²) in [6, 6.07) is 9.23. The second kappa shape index (κ2) is 10.7. The first-order valence-electron chi connectivity index (χ1n) is 11.4.